The molecule has 0 fully saturated rings. The Morgan fingerprint density at radius 3 is 2.89 bits per heavy atom. The second-order valence-corrected chi connectivity index (χ2v) is 7.89. The number of aromatic nitrogens is 3. The van der Waals surface area contributed by atoms with Crippen molar-refractivity contribution in [3.05, 3.63) is 77.0 Å². The molecule has 5 rings (SSSR count). The normalized spacial score (nSPS) is 15.6. The van der Waals surface area contributed by atoms with E-state index in [-0.39, 0.29) is 0 Å². The van der Waals surface area contributed by atoms with Crippen LogP contribution in [-0.4, -0.2) is 9.55 Å². The van der Waals surface area contributed by atoms with Crippen molar-refractivity contribution in [2.75, 3.05) is 0 Å². The van der Waals surface area contributed by atoms with Gasteiger partial charge in [0.25, 0.3) is 0 Å². The molecule has 1 aliphatic rings. The Bertz CT molecular complexity index is 1390. The molecule has 0 N–H and O–H groups in total. The lowest BCUT2D eigenvalue weighted by Crippen LogP contribution is -2.31. The molecule has 0 bridgehead atoms. The summed E-state index contributed by atoms with van der Waals surface area (Å²) < 4.78 is 37.0. The van der Waals surface area contributed by atoms with E-state index in [9.17, 15) is 0 Å². The zero-order valence-corrected chi connectivity index (χ0v) is 16.7. The van der Waals surface area contributed by atoms with Crippen molar-refractivity contribution in [2.24, 2.45) is 7.05 Å². The van der Waals surface area contributed by atoms with Crippen molar-refractivity contribution in [3.63, 3.8) is 0 Å². The van der Waals surface area contributed by atoms with Crippen LogP contribution in [0, 0.1) is 13.8 Å². The number of hydrogen-bond acceptors (Lipinski definition) is 1. The molecule has 140 valence electrons. The molecule has 3 heterocycles. The van der Waals surface area contributed by atoms with Gasteiger partial charge in [-0.25, -0.2) is 9.55 Å². The van der Waals surface area contributed by atoms with Crippen LogP contribution in [0.3, 0.4) is 0 Å². The van der Waals surface area contributed by atoms with Crippen LogP contribution in [0.4, 0.5) is 0 Å². The van der Waals surface area contributed by atoms with Gasteiger partial charge in [-0.15, -0.1) is 0 Å². The first-order valence-corrected chi connectivity index (χ1v) is 9.59. The van der Waals surface area contributed by atoms with Crippen LogP contribution in [0.15, 0.2) is 48.9 Å². The largest absolute Gasteiger partial charge is 0.303 e. The molecule has 0 saturated carbocycles. The van der Waals surface area contributed by atoms with E-state index in [1.165, 1.54) is 0 Å². The quantitative estimate of drug-likeness (QED) is 0.392. The molecule has 0 radical (unpaired) electrons. The van der Waals surface area contributed by atoms with Crippen LogP contribution in [0.2, 0.25) is 0 Å². The third-order valence-corrected chi connectivity index (χ3v) is 5.93. The van der Waals surface area contributed by atoms with Gasteiger partial charge in [0.15, 0.2) is 6.20 Å². The van der Waals surface area contributed by atoms with E-state index in [1.54, 1.807) is 6.20 Å². The number of fused-ring (bicyclic) bond motifs is 4. The first-order chi connectivity index (χ1) is 15.0. The highest BCUT2D eigenvalue weighted by Gasteiger charge is 2.29. The molecule has 1 aliphatic heterocycles. The molecule has 2 aromatic heterocycles. The van der Waals surface area contributed by atoms with Crippen molar-refractivity contribution in [1.82, 2.24) is 9.55 Å². The Labute approximate surface area is 171 Å². The van der Waals surface area contributed by atoms with E-state index < -0.39 is 12.7 Å². The average Bonchev–Trinajstić information content (AvgIpc) is 3.28. The van der Waals surface area contributed by atoms with Gasteiger partial charge in [-0.3, -0.25) is 0 Å². The van der Waals surface area contributed by atoms with E-state index in [1.807, 2.05) is 56.9 Å². The first-order valence-electron chi connectivity index (χ1n) is 11.6. The lowest BCUT2D eigenvalue weighted by atomic mass is 9.89. The van der Waals surface area contributed by atoms with Crippen LogP contribution in [-0.2, 0) is 13.5 Å². The summed E-state index contributed by atoms with van der Waals surface area (Å²) in [6.07, 6.45) is 6.33. The number of benzene rings is 2. The van der Waals surface area contributed by atoms with Gasteiger partial charge in [0.1, 0.15) is 12.9 Å². The molecule has 3 heteroatoms. The number of aryl methyl sites for hydroxylation is 2. The highest BCUT2D eigenvalue weighted by Crippen LogP contribution is 2.40. The highest BCUT2D eigenvalue weighted by molar-refractivity contribution is 5.95. The molecule has 3 nitrogen and oxygen atoms in total. The maximum absolute atomic E-state index is 8.42. The molecule has 4 aromatic rings. The second kappa shape index (κ2) is 6.03. The number of nitrogens with zero attached hydrogens (tertiary/aromatic N) is 3. The van der Waals surface area contributed by atoms with Crippen LogP contribution in [0.5, 0.6) is 0 Å². The van der Waals surface area contributed by atoms with Gasteiger partial charge in [0.2, 0.25) is 5.69 Å². The van der Waals surface area contributed by atoms with Gasteiger partial charge in [0, 0.05) is 30.4 Å². The van der Waals surface area contributed by atoms with Crippen molar-refractivity contribution >= 4 is 10.8 Å². The Kier molecular flexibility index (Phi) is 2.86. The minimum absolute atomic E-state index is 0.369. The Morgan fingerprint density at radius 2 is 2.11 bits per heavy atom. The standard InChI is InChI=1S/C25H26N3/c1-15(2)18-6-7-20-19(13-18)8-10-27(5)25(20)24-17(4)16(3)12-22-21(24)14-23-26-9-11-28(22)23/h6-13,15H,14H2,1-5H3/q+1/i3D3,15D. The van der Waals surface area contributed by atoms with Gasteiger partial charge in [-0.2, -0.15) is 0 Å². The van der Waals surface area contributed by atoms with Gasteiger partial charge in [0.05, 0.1) is 16.6 Å². The van der Waals surface area contributed by atoms with Crippen LogP contribution in [0.1, 0.15) is 53.3 Å². The average molecular weight is 373 g/mol. The third kappa shape index (κ3) is 2.35. The fourth-order valence-corrected chi connectivity index (χ4v) is 4.37. The minimum Gasteiger partial charge on any atom is -0.303 e. The molecular weight excluding hydrogens is 342 g/mol. The SMILES string of the molecule is [2H]C([2H])([2H])c1cc2c(c(-c3c4ccc(C([2H])(C)C)cc4cc[n+]3C)c1C)Cc1nccn1-2. The summed E-state index contributed by atoms with van der Waals surface area (Å²) in [5.74, 6) is 0.226. The monoisotopic (exact) mass is 372 g/mol. The predicted molar refractivity (Wildman–Crippen MR) is 114 cm³/mol. The summed E-state index contributed by atoms with van der Waals surface area (Å²) in [7, 11) is 2.00. The van der Waals surface area contributed by atoms with Crippen molar-refractivity contribution in [2.45, 2.75) is 39.9 Å². The molecule has 0 saturated heterocycles. The summed E-state index contributed by atoms with van der Waals surface area (Å²) in [6, 6.07) is 10.0. The van der Waals surface area contributed by atoms with Gasteiger partial charge in [-0.1, -0.05) is 26.0 Å². The number of pyridine rings is 1. The molecular formula is C25H26N3+. The molecule has 0 spiro atoms. The third-order valence-electron chi connectivity index (χ3n) is 5.93. The lowest BCUT2D eigenvalue weighted by molar-refractivity contribution is -0.659. The molecule has 0 atom stereocenters. The van der Waals surface area contributed by atoms with Crippen LogP contribution in [0.25, 0.3) is 27.7 Å². The van der Waals surface area contributed by atoms with Crippen LogP contribution >= 0.6 is 0 Å². The summed E-state index contributed by atoms with van der Waals surface area (Å²) in [5, 5.41) is 2.08. The number of imidazole rings is 1. The summed E-state index contributed by atoms with van der Waals surface area (Å²) in [4.78, 5) is 4.49. The molecule has 2 aromatic carbocycles. The smallest absolute Gasteiger partial charge is 0.220 e. The van der Waals surface area contributed by atoms with E-state index in [2.05, 4.69) is 27.8 Å². The number of rotatable bonds is 2. The maximum atomic E-state index is 8.42. The van der Waals surface area contributed by atoms with E-state index in [0.29, 0.717) is 12.0 Å². The summed E-state index contributed by atoms with van der Waals surface area (Å²) >= 11 is 0. The predicted octanol–water partition coefficient (Wildman–Crippen LogP) is 5.16. The second-order valence-electron chi connectivity index (χ2n) is 7.89. The van der Waals surface area contributed by atoms with Gasteiger partial charge < -0.3 is 4.57 Å². The Hall–Kier alpha value is -2.94. The number of hydrogen-bond donors (Lipinski definition) is 0. The van der Waals surface area contributed by atoms with E-state index in [4.69, 9.17) is 5.48 Å². The van der Waals surface area contributed by atoms with Crippen molar-refractivity contribution < 1.29 is 10.1 Å². The first kappa shape index (κ1) is 13.3. The van der Waals surface area contributed by atoms with E-state index in [0.717, 1.165) is 50.2 Å². The molecule has 0 amide bonds. The zero-order valence-electron chi connectivity index (χ0n) is 20.7. The van der Waals surface area contributed by atoms with Crippen molar-refractivity contribution in [1.29, 1.82) is 0 Å². The topological polar surface area (TPSA) is 21.7 Å². The van der Waals surface area contributed by atoms with Gasteiger partial charge >= 0.3 is 0 Å². The van der Waals surface area contributed by atoms with Gasteiger partial charge in [-0.05, 0) is 59.4 Å². The molecule has 0 aliphatic carbocycles. The fourth-order valence-electron chi connectivity index (χ4n) is 4.37. The highest BCUT2D eigenvalue weighted by atomic mass is 15.1. The summed E-state index contributed by atoms with van der Waals surface area (Å²) in [5.41, 5.74) is 6.05. The van der Waals surface area contributed by atoms with Crippen molar-refractivity contribution in [3.8, 4) is 16.9 Å². The maximum Gasteiger partial charge on any atom is 0.220 e. The van der Waals surface area contributed by atoms with E-state index >= 15 is 0 Å². The Morgan fingerprint density at radius 1 is 1.25 bits per heavy atom. The zero-order chi connectivity index (χ0) is 23.0. The Balaban J connectivity index is 1.88. The van der Waals surface area contributed by atoms with Crippen LogP contribution < -0.4 is 4.57 Å². The lowest BCUT2D eigenvalue weighted by Gasteiger charge is -2.16. The fraction of sp³-hybridized carbons (Fsp3) is 0.280. The summed E-state index contributed by atoms with van der Waals surface area (Å²) in [6.45, 7) is 3.47. The minimum atomic E-state index is -2.22. The molecule has 28 heavy (non-hydrogen) atoms. The molecule has 0 unspecified atom stereocenters.